The average molecular weight is 470 g/mol. The van der Waals surface area contributed by atoms with Crippen LogP contribution in [0.15, 0.2) is 42.0 Å². The zero-order chi connectivity index (χ0) is 18.1. The Kier molecular flexibility index (Phi) is 10.2. The van der Waals surface area contributed by atoms with Gasteiger partial charge in [-0.2, -0.15) is 0 Å². The first-order chi connectivity index (χ1) is 12.1. The summed E-state index contributed by atoms with van der Waals surface area (Å²) >= 11 is 0. The lowest BCUT2D eigenvalue weighted by Crippen LogP contribution is -2.41. The van der Waals surface area contributed by atoms with Crippen LogP contribution in [-0.2, 0) is 6.54 Å². The SMILES string of the molecule is CN=C(NCc1ccc(-n2ccnc2)nc1)NC(C)CCCC(C)C.I. The van der Waals surface area contributed by atoms with E-state index < -0.39 is 0 Å². The van der Waals surface area contributed by atoms with E-state index in [1.54, 1.807) is 19.6 Å². The topological polar surface area (TPSA) is 67.1 Å². The summed E-state index contributed by atoms with van der Waals surface area (Å²) < 4.78 is 1.89. The van der Waals surface area contributed by atoms with Crippen LogP contribution in [0.25, 0.3) is 5.82 Å². The molecule has 2 aromatic rings. The number of hydrogen-bond acceptors (Lipinski definition) is 3. The van der Waals surface area contributed by atoms with Crippen LogP contribution in [0.5, 0.6) is 0 Å². The molecule has 0 aromatic carbocycles. The van der Waals surface area contributed by atoms with Crippen molar-refractivity contribution in [2.45, 2.75) is 52.6 Å². The fourth-order valence-electron chi connectivity index (χ4n) is 2.59. The van der Waals surface area contributed by atoms with Crippen molar-refractivity contribution in [2.24, 2.45) is 10.9 Å². The molecule has 0 bridgehead atoms. The number of pyridine rings is 1. The van der Waals surface area contributed by atoms with Gasteiger partial charge in [-0.3, -0.25) is 9.56 Å². The van der Waals surface area contributed by atoms with Gasteiger partial charge in [-0.05, 0) is 30.9 Å². The molecule has 26 heavy (non-hydrogen) atoms. The minimum absolute atomic E-state index is 0. The number of guanidine groups is 1. The Bertz CT molecular complexity index is 637. The molecule has 1 unspecified atom stereocenters. The normalized spacial score (nSPS) is 12.6. The molecule has 0 spiro atoms. The molecule has 6 nitrogen and oxygen atoms in total. The molecule has 2 N–H and O–H groups in total. The highest BCUT2D eigenvalue weighted by molar-refractivity contribution is 14.0. The molecular formula is C19H31IN6. The number of hydrogen-bond donors (Lipinski definition) is 2. The predicted molar refractivity (Wildman–Crippen MR) is 118 cm³/mol. The van der Waals surface area contributed by atoms with E-state index in [0.717, 1.165) is 29.7 Å². The fraction of sp³-hybridized carbons (Fsp3) is 0.526. The standard InChI is InChI=1S/C19H30N6.HI/c1-15(2)6-5-7-16(3)24-19(20-4)23-13-17-8-9-18(22-12-17)25-11-10-21-14-25;/h8-12,14-16H,5-7,13H2,1-4H3,(H2,20,23,24);1H. The first kappa shape index (κ1) is 22.4. The number of nitrogens with zero attached hydrogens (tertiary/aromatic N) is 4. The lowest BCUT2D eigenvalue weighted by atomic mass is 10.0. The zero-order valence-corrected chi connectivity index (χ0v) is 18.5. The smallest absolute Gasteiger partial charge is 0.191 e. The summed E-state index contributed by atoms with van der Waals surface area (Å²) in [5.74, 6) is 2.46. The summed E-state index contributed by atoms with van der Waals surface area (Å²) in [7, 11) is 1.80. The van der Waals surface area contributed by atoms with Crippen LogP contribution in [0.3, 0.4) is 0 Å². The molecule has 1 atom stereocenters. The highest BCUT2D eigenvalue weighted by Gasteiger charge is 2.06. The minimum atomic E-state index is 0. The van der Waals surface area contributed by atoms with Crippen molar-refractivity contribution < 1.29 is 0 Å². The van der Waals surface area contributed by atoms with E-state index >= 15 is 0 Å². The monoisotopic (exact) mass is 470 g/mol. The van der Waals surface area contributed by atoms with Crippen LogP contribution in [0.1, 0.15) is 45.6 Å². The van der Waals surface area contributed by atoms with Gasteiger partial charge in [0.2, 0.25) is 0 Å². The molecule has 0 amide bonds. The van der Waals surface area contributed by atoms with Crippen molar-refractivity contribution in [2.75, 3.05) is 7.05 Å². The van der Waals surface area contributed by atoms with E-state index in [4.69, 9.17) is 0 Å². The van der Waals surface area contributed by atoms with Gasteiger partial charge in [0, 0.05) is 38.2 Å². The molecule has 0 fully saturated rings. The summed E-state index contributed by atoms with van der Waals surface area (Å²) in [6.07, 6.45) is 10.9. The Morgan fingerprint density at radius 3 is 2.62 bits per heavy atom. The second-order valence-electron chi connectivity index (χ2n) is 6.79. The average Bonchev–Trinajstić information content (AvgIpc) is 3.13. The van der Waals surface area contributed by atoms with E-state index in [-0.39, 0.29) is 24.0 Å². The Morgan fingerprint density at radius 1 is 1.23 bits per heavy atom. The Morgan fingerprint density at radius 2 is 2.04 bits per heavy atom. The maximum Gasteiger partial charge on any atom is 0.191 e. The number of nitrogens with one attached hydrogen (secondary N) is 2. The van der Waals surface area contributed by atoms with Gasteiger partial charge >= 0.3 is 0 Å². The molecule has 0 saturated heterocycles. The van der Waals surface area contributed by atoms with Gasteiger partial charge in [0.25, 0.3) is 0 Å². The summed E-state index contributed by atoms with van der Waals surface area (Å²) in [6.45, 7) is 7.43. The molecule has 2 heterocycles. The number of imidazole rings is 1. The Labute approximate surface area is 174 Å². The molecular weight excluding hydrogens is 439 g/mol. The molecule has 0 radical (unpaired) electrons. The zero-order valence-electron chi connectivity index (χ0n) is 16.1. The van der Waals surface area contributed by atoms with E-state index in [9.17, 15) is 0 Å². The van der Waals surface area contributed by atoms with Crippen molar-refractivity contribution in [3.05, 3.63) is 42.6 Å². The van der Waals surface area contributed by atoms with Crippen molar-refractivity contribution in [1.82, 2.24) is 25.2 Å². The van der Waals surface area contributed by atoms with Gasteiger partial charge in [0.15, 0.2) is 5.96 Å². The minimum Gasteiger partial charge on any atom is -0.354 e. The number of aromatic nitrogens is 3. The Hall–Kier alpha value is -1.64. The summed E-state index contributed by atoms with van der Waals surface area (Å²) in [5, 5.41) is 6.80. The summed E-state index contributed by atoms with van der Waals surface area (Å²) in [5.41, 5.74) is 1.11. The van der Waals surface area contributed by atoms with Crippen LogP contribution >= 0.6 is 24.0 Å². The van der Waals surface area contributed by atoms with Crippen LogP contribution in [0.2, 0.25) is 0 Å². The number of rotatable bonds is 8. The van der Waals surface area contributed by atoms with E-state index in [1.165, 1.54) is 12.8 Å². The van der Waals surface area contributed by atoms with E-state index in [0.29, 0.717) is 12.6 Å². The van der Waals surface area contributed by atoms with Crippen molar-refractivity contribution in [1.29, 1.82) is 0 Å². The highest BCUT2D eigenvalue weighted by Crippen LogP contribution is 2.08. The predicted octanol–water partition coefficient (Wildman–Crippen LogP) is 3.77. The first-order valence-electron chi connectivity index (χ1n) is 8.99. The van der Waals surface area contributed by atoms with Crippen molar-refractivity contribution >= 4 is 29.9 Å². The molecule has 0 aliphatic heterocycles. The van der Waals surface area contributed by atoms with Gasteiger partial charge in [0.1, 0.15) is 12.1 Å². The molecule has 0 aliphatic rings. The maximum absolute atomic E-state index is 4.47. The molecule has 2 aromatic heterocycles. The van der Waals surface area contributed by atoms with Crippen LogP contribution in [0.4, 0.5) is 0 Å². The molecule has 144 valence electrons. The van der Waals surface area contributed by atoms with Crippen LogP contribution < -0.4 is 10.6 Å². The molecule has 0 saturated carbocycles. The second kappa shape index (κ2) is 11.9. The van der Waals surface area contributed by atoms with Crippen LogP contribution in [0, 0.1) is 5.92 Å². The summed E-state index contributed by atoms with van der Waals surface area (Å²) in [6, 6.07) is 4.46. The van der Waals surface area contributed by atoms with Crippen molar-refractivity contribution in [3.63, 3.8) is 0 Å². The lowest BCUT2D eigenvalue weighted by molar-refractivity contribution is 0.491. The fourth-order valence-corrected chi connectivity index (χ4v) is 2.59. The van der Waals surface area contributed by atoms with Gasteiger partial charge in [-0.15, -0.1) is 24.0 Å². The summed E-state index contributed by atoms with van der Waals surface area (Å²) in [4.78, 5) is 12.8. The third-order valence-corrected chi connectivity index (χ3v) is 4.06. The third kappa shape index (κ3) is 7.72. The van der Waals surface area contributed by atoms with Crippen molar-refractivity contribution in [3.8, 4) is 5.82 Å². The largest absolute Gasteiger partial charge is 0.354 e. The van der Waals surface area contributed by atoms with E-state index in [2.05, 4.69) is 52.4 Å². The first-order valence-corrected chi connectivity index (χ1v) is 8.99. The van der Waals surface area contributed by atoms with Crippen LogP contribution in [-0.4, -0.2) is 33.6 Å². The van der Waals surface area contributed by atoms with Gasteiger partial charge in [-0.1, -0.05) is 32.8 Å². The number of halogens is 1. The lowest BCUT2D eigenvalue weighted by Gasteiger charge is -2.18. The van der Waals surface area contributed by atoms with Gasteiger partial charge in [0.05, 0.1) is 0 Å². The van der Waals surface area contributed by atoms with Gasteiger partial charge < -0.3 is 10.6 Å². The molecule has 7 heteroatoms. The molecule has 0 aliphatic carbocycles. The molecule has 2 rings (SSSR count). The third-order valence-electron chi connectivity index (χ3n) is 4.06. The number of aliphatic imine (C=N–C) groups is 1. The maximum atomic E-state index is 4.47. The second-order valence-corrected chi connectivity index (χ2v) is 6.79. The quantitative estimate of drug-likeness (QED) is 0.350. The van der Waals surface area contributed by atoms with E-state index in [1.807, 2.05) is 23.0 Å². The van der Waals surface area contributed by atoms with Gasteiger partial charge in [-0.25, -0.2) is 9.97 Å². The Balaban J connectivity index is 0.00000338. The highest BCUT2D eigenvalue weighted by atomic mass is 127.